The maximum atomic E-state index is 13.0. The first-order valence-corrected chi connectivity index (χ1v) is 7.36. The van der Waals surface area contributed by atoms with Crippen molar-refractivity contribution in [1.29, 1.82) is 0 Å². The highest BCUT2D eigenvalue weighted by atomic mass is 32.2. The summed E-state index contributed by atoms with van der Waals surface area (Å²) in [4.78, 5) is 3.32. The van der Waals surface area contributed by atoms with E-state index in [2.05, 4.69) is 15.0 Å². The van der Waals surface area contributed by atoms with E-state index in [4.69, 9.17) is 0 Å². The van der Waals surface area contributed by atoms with Gasteiger partial charge in [0.1, 0.15) is 10.7 Å². The summed E-state index contributed by atoms with van der Waals surface area (Å²) in [5, 5.41) is 3.00. The van der Waals surface area contributed by atoms with Gasteiger partial charge in [0.2, 0.25) is 0 Å². The average molecular weight is 295 g/mol. The predicted octanol–water partition coefficient (Wildman–Crippen LogP) is 1.74. The number of nitrogens with zero attached hydrogens (tertiary/aromatic N) is 1. The standard InChI is InChI=1S/C13H14FN3O2S/c1-15-7-10-2-4-12(5-3-10)17-20(18,19)13-6-11(14)8-16-9-13/h2-6,8-9,15,17H,7H2,1H3. The molecule has 1 heterocycles. The molecule has 1 aromatic carbocycles. The second kappa shape index (κ2) is 5.98. The zero-order valence-electron chi connectivity index (χ0n) is 10.8. The largest absolute Gasteiger partial charge is 0.316 e. The number of anilines is 1. The van der Waals surface area contributed by atoms with Crippen LogP contribution in [-0.2, 0) is 16.6 Å². The fourth-order valence-corrected chi connectivity index (χ4v) is 2.68. The lowest BCUT2D eigenvalue weighted by Gasteiger charge is -2.08. The molecule has 2 N–H and O–H groups in total. The molecule has 0 aliphatic rings. The lowest BCUT2D eigenvalue weighted by molar-refractivity contribution is 0.592. The minimum absolute atomic E-state index is 0.211. The van der Waals surface area contributed by atoms with Gasteiger partial charge in [-0.25, -0.2) is 12.8 Å². The van der Waals surface area contributed by atoms with Crippen LogP contribution in [0, 0.1) is 5.82 Å². The summed E-state index contributed by atoms with van der Waals surface area (Å²) < 4.78 is 39.5. The summed E-state index contributed by atoms with van der Waals surface area (Å²) in [7, 11) is -2.00. The van der Waals surface area contributed by atoms with Crippen molar-refractivity contribution in [2.75, 3.05) is 11.8 Å². The van der Waals surface area contributed by atoms with Gasteiger partial charge < -0.3 is 5.32 Å². The Labute approximate surface area is 116 Å². The van der Waals surface area contributed by atoms with E-state index in [0.29, 0.717) is 12.2 Å². The van der Waals surface area contributed by atoms with Crippen LogP contribution in [0.15, 0.2) is 47.6 Å². The number of sulfonamides is 1. The van der Waals surface area contributed by atoms with Gasteiger partial charge in [0.15, 0.2) is 0 Å². The summed E-state index contributed by atoms with van der Waals surface area (Å²) in [5.74, 6) is -0.697. The van der Waals surface area contributed by atoms with Crippen molar-refractivity contribution in [1.82, 2.24) is 10.3 Å². The first kappa shape index (κ1) is 14.4. The molecular formula is C13H14FN3O2S. The highest BCUT2D eigenvalue weighted by Crippen LogP contribution is 2.16. The number of aromatic nitrogens is 1. The van der Waals surface area contributed by atoms with Gasteiger partial charge in [0, 0.05) is 18.4 Å². The van der Waals surface area contributed by atoms with Gasteiger partial charge in [-0.1, -0.05) is 12.1 Å². The van der Waals surface area contributed by atoms with Crippen LogP contribution in [0.1, 0.15) is 5.56 Å². The highest BCUT2D eigenvalue weighted by molar-refractivity contribution is 7.92. The van der Waals surface area contributed by atoms with E-state index in [1.54, 1.807) is 24.3 Å². The van der Waals surface area contributed by atoms with Crippen molar-refractivity contribution in [2.24, 2.45) is 0 Å². The Bertz CT molecular complexity index is 687. The van der Waals surface area contributed by atoms with Crippen LogP contribution in [0.4, 0.5) is 10.1 Å². The molecule has 2 rings (SSSR count). The maximum absolute atomic E-state index is 13.0. The van der Waals surface area contributed by atoms with E-state index in [-0.39, 0.29) is 4.90 Å². The minimum atomic E-state index is -3.83. The molecular weight excluding hydrogens is 281 g/mol. The van der Waals surface area contributed by atoms with E-state index in [0.717, 1.165) is 24.0 Å². The number of pyridine rings is 1. The predicted molar refractivity (Wildman–Crippen MR) is 74.2 cm³/mol. The lowest BCUT2D eigenvalue weighted by Crippen LogP contribution is -2.13. The number of rotatable bonds is 5. The number of benzene rings is 1. The first-order chi connectivity index (χ1) is 9.51. The van der Waals surface area contributed by atoms with Crippen LogP contribution in [0.3, 0.4) is 0 Å². The highest BCUT2D eigenvalue weighted by Gasteiger charge is 2.15. The van der Waals surface area contributed by atoms with Crippen LogP contribution in [0.5, 0.6) is 0 Å². The van der Waals surface area contributed by atoms with Crippen molar-refractivity contribution in [3.8, 4) is 0 Å². The summed E-state index contributed by atoms with van der Waals surface area (Å²) in [6.45, 7) is 0.695. The monoisotopic (exact) mass is 295 g/mol. The van der Waals surface area contributed by atoms with Gasteiger partial charge >= 0.3 is 0 Å². The van der Waals surface area contributed by atoms with Crippen molar-refractivity contribution in [3.05, 3.63) is 54.1 Å². The van der Waals surface area contributed by atoms with E-state index < -0.39 is 15.8 Å². The van der Waals surface area contributed by atoms with Gasteiger partial charge in [-0.05, 0) is 30.8 Å². The molecule has 2 aromatic rings. The minimum Gasteiger partial charge on any atom is -0.316 e. The maximum Gasteiger partial charge on any atom is 0.263 e. The molecule has 0 aliphatic carbocycles. The molecule has 0 aliphatic heterocycles. The van der Waals surface area contributed by atoms with E-state index in [1.165, 1.54) is 0 Å². The molecule has 0 bridgehead atoms. The Balaban J connectivity index is 2.20. The molecule has 20 heavy (non-hydrogen) atoms. The molecule has 0 radical (unpaired) electrons. The van der Waals surface area contributed by atoms with Crippen LogP contribution in [0.2, 0.25) is 0 Å². The summed E-state index contributed by atoms with van der Waals surface area (Å²) >= 11 is 0. The Hall–Kier alpha value is -1.99. The molecule has 0 saturated heterocycles. The van der Waals surface area contributed by atoms with Crippen molar-refractivity contribution in [2.45, 2.75) is 11.4 Å². The van der Waals surface area contributed by atoms with Crippen molar-refractivity contribution < 1.29 is 12.8 Å². The third kappa shape index (κ3) is 3.52. The zero-order chi connectivity index (χ0) is 14.6. The average Bonchev–Trinajstić information content (AvgIpc) is 2.41. The third-order valence-electron chi connectivity index (χ3n) is 2.58. The second-order valence-corrected chi connectivity index (χ2v) is 5.85. The molecule has 0 amide bonds. The van der Waals surface area contributed by atoms with Crippen LogP contribution in [0.25, 0.3) is 0 Å². The van der Waals surface area contributed by atoms with Crippen LogP contribution >= 0.6 is 0 Å². The summed E-state index contributed by atoms with van der Waals surface area (Å²) in [5.41, 5.74) is 1.44. The Morgan fingerprint density at radius 2 is 1.90 bits per heavy atom. The van der Waals surface area contributed by atoms with Gasteiger partial charge in [-0.2, -0.15) is 0 Å². The number of halogens is 1. The Morgan fingerprint density at radius 3 is 2.50 bits per heavy atom. The van der Waals surface area contributed by atoms with Crippen molar-refractivity contribution in [3.63, 3.8) is 0 Å². The molecule has 0 fully saturated rings. The second-order valence-electron chi connectivity index (χ2n) is 4.17. The van der Waals surface area contributed by atoms with Crippen LogP contribution in [-0.4, -0.2) is 20.4 Å². The number of hydrogen-bond donors (Lipinski definition) is 2. The Kier molecular flexibility index (Phi) is 4.31. The van der Waals surface area contributed by atoms with Gasteiger partial charge in [0.25, 0.3) is 10.0 Å². The van der Waals surface area contributed by atoms with Gasteiger partial charge in [0.05, 0.1) is 6.20 Å². The molecule has 0 atom stereocenters. The molecule has 7 heteroatoms. The molecule has 5 nitrogen and oxygen atoms in total. The molecule has 0 unspecified atom stereocenters. The van der Waals surface area contributed by atoms with E-state index in [9.17, 15) is 12.8 Å². The van der Waals surface area contributed by atoms with Gasteiger partial charge in [-0.15, -0.1) is 0 Å². The molecule has 0 saturated carbocycles. The smallest absolute Gasteiger partial charge is 0.263 e. The van der Waals surface area contributed by atoms with Crippen molar-refractivity contribution >= 4 is 15.7 Å². The van der Waals surface area contributed by atoms with Gasteiger partial charge in [-0.3, -0.25) is 9.71 Å². The number of nitrogens with one attached hydrogen (secondary N) is 2. The normalized spacial score (nSPS) is 11.3. The van der Waals surface area contributed by atoms with Crippen LogP contribution < -0.4 is 10.0 Å². The molecule has 106 valence electrons. The topological polar surface area (TPSA) is 71.1 Å². The summed E-state index contributed by atoms with van der Waals surface area (Å²) in [6.07, 6.45) is 2.05. The quantitative estimate of drug-likeness (QED) is 0.881. The Morgan fingerprint density at radius 1 is 1.20 bits per heavy atom. The molecule has 0 spiro atoms. The first-order valence-electron chi connectivity index (χ1n) is 5.88. The van der Waals surface area contributed by atoms with E-state index in [1.807, 2.05) is 7.05 Å². The fourth-order valence-electron chi connectivity index (χ4n) is 1.65. The zero-order valence-corrected chi connectivity index (χ0v) is 11.6. The summed E-state index contributed by atoms with van der Waals surface area (Å²) in [6, 6.07) is 7.83. The van der Waals surface area contributed by atoms with E-state index >= 15 is 0 Å². The number of hydrogen-bond acceptors (Lipinski definition) is 4. The fraction of sp³-hybridized carbons (Fsp3) is 0.154. The third-order valence-corrected chi connectivity index (χ3v) is 3.93. The molecule has 1 aromatic heterocycles. The lowest BCUT2D eigenvalue weighted by atomic mass is 10.2. The SMILES string of the molecule is CNCc1ccc(NS(=O)(=O)c2cncc(F)c2)cc1.